The van der Waals surface area contributed by atoms with Gasteiger partial charge in [0.2, 0.25) is 11.8 Å². The molecule has 0 aromatic carbocycles. The molecule has 0 heterocycles. The third-order valence-electron chi connectivity index (χ3n) is 1.38. The van der Waals surface area contributed by atoms with Crippen molar-refractivity contribution in [2.75, 3.05) is 13.1 Å². The molecular weight excluding hydrogens is 188 g/mol. The molecule has 0 rings (SSSR count). The fourth-order valence-corrected chi connectivity index (χ4v) is 0.608. The van der Waals surface area contributed by atoms with Crippen LogP contribution >= 0.6 is 0 Å². The first kappa shape index (κ1) is 12.4. The first-order chi connectivity index (χ1) is 6.43. The summed E-state index contributed by atoms with van der Waals surface area (Å²) in [5.74, 6) is -2.06. The van der Waals surface area contributed by atoms with E-state index in [0.29, 0.717) is 0 Å². The highest BCUT2D eigenvalue weighted by atomic mass is 16.4. The van der Waals surface area contributed by atoms with Crippen LogP contribution in [0.3, 0.4) is 0 Å². The average molecular weight is 202 g/mol. The first-order valence-corrected chi connectivity index (χ1v) is 4.19. The van der Waals surface area contributed by atoms with Crippen LogP contribution in [0.2, 0.25) is 0 Å². The molecule has 0 atom stereocenters. The molecule has 0 aromatic rings. The van der Waals surface area contributed by atoms with Gasteiger partial charge in [-0.2, -0.15) is 0 Å². The maximum Gasteiger partial charge on any atom is 0.322 e. The molecule has 80 valence electrons. The Morgan fingerprint density at radius 1 is 1.14 bits per heavy atom. The number of carbonyl (C=O) groups is 3. The third-order valence-corrected chi connectivity index (χ3v) is 1.38. The van der Waals surface area contributed by atoms with Gasteiger partial charge in [0.15, 0.2) is 0 Å². The SMILES string of the molecule is CC(C)C(=O)NCC(=O)NCC(=O)O. The summed E-state index contributed by atoms with van der Waals surface area (Å²) < 4.78 is 0. The zero-order chi connectivity index (χ0) is 11.1. The molecule has 0 saturated heterocycles. The van der Waals surface area contributed by atoms with Crippen LogP contribution in [-0.2, 0) is 14.4 Å². The summed E-state index contributed by atoms with van der Waals surface area (Å²) in [4.78, 5) is 31.9. The number of nitrogens with one attached hydrogen (secondary N) is 2. The molecule has 0 fully saturated rings. The van der Waals surface area contributed by atoms with Gasteiger partial charge in [0.1, 0.15) is 6.54 Å². The van der Waals surface area contributed by atoms with Gasteiger partial charge in [0.05, 0.1) is 6.54 Å². The predicted molar refractivity (Wildman–Crippen MR) is 48.5 cm³/mol. The molecule has 0 saturated carbocycles. The van der Waals surface area contributed by atoms with Crippen molar-refractivity contribution < 1.29 is 19.5 Å². The summed E-state index contributed by atoms with van der Waals surface area (Å²) in [5.41, 5.74) is 0. The van der Waals surface area contributed by atoms with Crippen molar-refractivity contribution in [1.29, 1.82) is 0 Å². The predicted octanol–water partition coefficient (Wildman–Crippen LogP) is -1.04. The Labute approximate surface area is 81.7 Å². The molecule has 0 aliphatic rings. The number of hydrogen-bond acceptors (Lipinski definition) is 3. The van der Waals surface area contributed by atoms with Crippen molar-refractivity contribution in [1.82, 2.24) is 10.6 Å². The van der Waals surface area contributed by atoms with E-state index in [1.165, 1.54) is 0 Å². The molecule has 0 aromatic heterocycles. The normalized spacial score (nSPS) is 9.64. The second-order valence-corrected chi connectivity index (χ2v) is 3.04. The highest BCUT2D eigenvalue weighted by Gasteiger charge is 2.08. The van der Waals surface area contributed by atoms with Crippen LogP contribution in [0, 0.1) is 5.92 Å². The molecule has 0 aliphatic heterocycles. The van der Waals surface area contributed by atoms with Crippen LogP contribution in [-0.4, -0.2) is 36.0 Å². The van der Waals surface area contributed by atoms with Gasteiger partial charge in [-0.05, 0) is 0 Å². The van der Waals surface area contributed by atoms with Gasteiger partial charge in [-0.15, -0.1) is 0 Å². The summed E-state index contributed by atoms with van der Waals surface area (Å²) in [5, 5.41) is 12.7. The molecule has 0 spiro atoms. The second kappa shape index (κ2) is 5.95. The van der Waals surface area contributed by atoms with Gasteiger partial charge in [-0.25, -0.2) is 0 Å². The maximum atomic E-state index is 11.0. The third kappa shape index (κ3) is 5.99. The van der Waals surface area contributed by atoms with Gasteiger partial charge < -0.3 is 15.7 Å². The van der Waals surface area contributed by atoms with Crippen molar-refractivity contribution in [3.63, 3.8) is 0 Å². The van der Waals surface area contributed by atoms with Crippen LogP contribution in [0.1, 0.15) is 13.8 Å². The minimum absolute atomic E-state index is 0.190. The van der Waals surface area contributed by atoms with E-state index in [2.05, 4.69) is 10.6 Å². The maximum absolute atomic E-state index is 11.0. The van der Waals surface area contributed by atoms with E-state index < -0.39 is 18.4 Å². The highest BCUT2D eigenvalue weighted by molar-refractivity contribution is 5.87. The fourth-order valence-electron chi connectivity index (χ4n) is 0.608. The first-order valence-electron chi connectivity index (χ1n) is 4.19. The van der Waals surface area contributed by atoms with Crippen LogP contribution in [0.25, 0.3) is 0 Å². The van der Waals surface area contributed by atoms with E-state index in [-0.39, 0.29) is 18.4 Å². The second-order valence-electron chi connectivity index (χ2n) is 3.04. The van der Waals surface area contributed by atoms with Crippen molar-refractivity contribution in [2.24, 2.45) is 5.92 Å². The molecule has 6 heteroatoms. The van der Waals surface area contributed by atoms with Crippen LogP contribution < -0.4 is 10.6 Å². The Balaban J connectivity index is 3.64. The Kier molecular flexibility index (Phi) is 5.28. The van der Waals surface area contributed by atoms with Crippen LogP contribution in [0.4, 0.5) is 0 Å². The summed E-state index contributed by atoms with van der Waals surface area (Å²) in [6.07, 6.45) is 0. The summed E-state index contributed by atoms with van der Waals surface area (Å²) in [6, 6.07) is 0. The van der Waals surface area contributed by atoms with Gasteiger partial charge >= 0.3 is 5.97 Å². The van der Waals surface area contributed by atoms with Crippen molar-refractivity contribution in [3.8, 4) is 0 Å². The molecule has 14 heavy (non-hydrogen) atoms. The summed E-state index contributed by atoms with van der Waals surface area (Å²) >= 11 is 0. The number of hydrogen-bond donors (Lipinski definition) is 3. The lowest BCUT2D eigenvalue weighted by Crippen LogP contribution is -2.40. The lowest BCUT2D eigenvalue weighted by atomic mass is 10.2. The van der Waals surface area contributed by atoms with E-state index in [4.69, 9.17) is 5.11 Å². The summed E-state index contributed by atoms with van der Waals surface area (Å²) in [6.45, 7) is 2.77. The van der Waals surface area contributed by atoms with Crippen molar-refractivity contribution >= 4 is 17.8 Å². The van der Waals surface area contributed by atoms with E-state index >= 15 is 0 Å². The van der Waals surface area contributed by atoms with Crippen LogP contribution in [0.15, 0.2) is 0 Å². The van der Waals surface area contributed by atoms with E-state index in [1.54, 1.807) is 13.8 Å². The molecule has 2 amide bonds. The van der Waals surface area contributed by atoms with Crippen molar-refractivity contribution in [3.05, 3.63) is 0 Å². The van der Waals surface area contributed by atoms with E-state index in [9.17, 15) is 14.4 Å². The molecule has 0 radical (unpaired) electrons. The Hall–Kier alpha value is -1.59. The minimum Gasteiger partial charge on any atom is -0.480 e. The Bertz CT molecular complexity index is 237. The van der Waals surface area contributed by atoms with Gasteiger partial charge in [0, 0.05) is 5.92 Å². The fraction of sp³-hybridized carbons (Fsp3) is 0.625. The van der Waals surface area contributed by atoms with Crippen molar-refractivity contribution in [2.45, 2.75) is 13.8 Å². The number of amides is 2. The minimum atomic E-state index is -1.12. The number of aliphatic carboxylic acids is 1. The molecule has 6 nitrogen and oxygen atoms in total. The Morgan fingerprint density at radius 3 is 2.14 bits per heavy atom. The number of carboxylic acids is 1. The van der Waals surface area contributed by atoms with E-state index in [0.717, 1.165) is 0 Å². The molecule has 0 unspecified atom stereocenters. The van der Waals surface area contributed by atoms with Gasteiger partial charge in [0.25, 0.3) is 0 Å². The van der Waals surface area contributed by atoms with Crippen LogP contribution in [0.5, 0.6) is 0 Å². The molecule has 0 bridgehead atoms. The number of carbonyl (C=O) groups excluding carboxylic acids is 2. The quantitative estimate of drug-likeness (QED) is 0.530. The monoisotopic (exact) mass is 202 g/mol. The van der Waals surface area contributed by atoms with E-state index in [1.807, 2.05) is 0 Å². The number of rotatable bonds is 5. The lowest BCUT2D eigenvalue weighted by Gasteiger charge is -2.06. The lowest BCUT2D eigenvalue weighted by molar-refractivity contribution is -0.137. The smallest absolute Gasteiger partial charge is 0.322 e. The van der Waals surface area contributed by atoms with Gasteiger partial charge in [-0.1, -0.05) is 13.8 Å². The Morgan fingerprint density at radius 2 is 1.71 bits per heavy atom. The molecule has 3 N–H and O–H groups in total. The van der Waals surface area contributed by atoms with Gasteiger partial charge in [-0.3, -0.25) is 14.4 Å². The topological polar surface area (TPSA) is 95.5 Å². The zero-order valence-corrected chi connectivity index (χ0v) is 8.16. The summed E-state index contributed by atoms with van der Waals surface area (Å²) in [7, 11) is 0. The molecule has 0 aliphatic carbocycles. The zero-order valence-electron chi connectivity index (χ0n) is 8.16. The molecular formula is C8H14N2O4. The largest absolute Gasteiger partial charge is 0.480 e. The number of carboxylic acid groups (broad SMARTS) is 1. The average Bonchev–Trinajstić information content (AvgIpc) is 2.10. The highest BCUT2D eigenvalue weighted by Crippen LogP contribution is 1.88. The standard InChI is InChI=1S/C8H14N2O4/c1-5(2)8(14)10-3-6(11)9-4-7(12)13/h5H,3-4H2,1-2H3,(H,9,11)(H,10,14)(H,12,13).